The quantitative estimate of drug-likeness (QED) is 0.639. The Hall–Kier alpha value is -2.36. The molecule has 0 spiro atoms. The minimum atomic E-state index is -0.0652. The maximum absolute atomic E-state index is 11.9. The average Bonchev–Trinajstić information content (AvgIpc) is 2.48. The van der Waals surface area contributed by atoms with Crippen LogP contribution in [0.3, 0.4) is 0 Å². The van der Waals surface area contributed by atoms with Crippen molar-refractivity contribution in [3.05, 3.63) is 59.9 Å². The maximum atomic E-state index is 11.9. The number of amides is 1. The molecule has 0 aliphatic heterocycles. The highest BCUT2D eigenvalue weighted by Gasteiger charge is 2.04. The Kier molecular flexibility index (Phi) is 4.71. The van der Waals surface area contributed by atoms with Gasteiger partial charge in [0.05, 0.1) is 0 Å². The highest BCUT2D eigenvalue weighted by molar-refractivity contribution is 5.94. The zero-order valence-electron chi connectivity index (χ0n) is 11.7. The number of aromatic nitrogens is 1. The van der Waals surface area contributed by atoms with Gasteiger partial charge in [-0.2, -0.15) is 0 Å². The number of nitrogens with one attached hydrogen (secondary N) is 1. The van der Waals surface area contributed by atoms with E-state index in [1.54, 1.807) is 24.3 Å². The molecule has 4 nitrogen and oxygen atoms in total. The fraction of sp³-hybridized carbons (Fsp3) is 0.250. The molecule has 0 saturated heterocycles. The first kappa shape index (κ1) is 14.1. The molecule has 2 rings (SSSR count). The number of carbonyl (C=O) groups excluding carboxylic acids is 1. The predicted octanol–water partition coefficient (Wildman–Crippen LogP) is 1.55. The van der Waals surface area contributed by atoms with Gasteiger partial charge in [-0.05, 0) is 43.2 Å². The largest absolute Gasteiger partial charge is 0.399 e. The van der Waals surface area contributed by atoms with E-state index in [1.165, 1.54) is 5.56 Å². The molecule has 0 aliphatic carbocycles. The maximum Gasteiger partial charge on any atom is 0.251 e. The smallest absolute Gasteiger partial charge is 0.251 e. The van der Waals surface area contributed by atoms with Gasteiger partial charge >= 0.3 is 0 Å². The Morgan fingerprint density at radius 3 is 2.40 bits per heavy atom. The summed E-state index contributed by atoms with van der Waals surface area (Å²) >= 11 is 0. The van der Waals surface area contributed by atoms with Crippen molar-refractivity contribution < 1.29 is 9.36 Å². The second kappa shape index (κ2) is 6.70. The lowest BCUT2D eigenvalue weighted by molar-refractivity contribution is -0.693. The molecule has 0 aliphatic rings. The van der Waals surface area contributed by atoms with Gasteiger partial charge in [-0.15, -0.1) is 0 Å². The van der Waals surface area contributed by atoms with E-state index in [-0.39, 0.29) is 5.91 Å². The van der Waals surface area contributed by atoms with Crippen LogP contribution in [0.15, 0.2) is 48.8 Å². The minimum Gasteiger partial charge on any atom is -0.399 e. The summed E-state index contributed by atoms with van der Waals surface area (Å²) in [5, 5.41) is 2.91. The average molecular weight is 270 g/mol. The van der Waals surface area contributed by atoms with E-state index in [4.69, 9.17) is 5.73 Å². The molecule has 2 aromatic rings. The van der Waals surface area contributed by atoms with Crippen LogP contribution >= 0.6 is 0 Å². The molecule has 0 fully saturated rings. The summed E-state index contributed by atoms with van der Waals surface area (Å²) in [6.07, 6.45) is 4.93. The van der Waals surface area contributed by atoms with Gasteiger partial charge in [0.25, 0.3) is 5.91 Å². The van der Waals surface area contributed by atoms with E-state index in [0.717, 1.165) is 13.0 Å². The van der Waals surface area contributed by atoms with Crippen LogP contribution < -0.4 is 15.6 Å². The van der Waals surface area contributed by atoms with Gasteiger partial charge in [0.15, 0.2) is 12.4 Å². The van der Waals surface area contributed by atoms with Gasteiger partial charge in [-0.3, -0.25) is 4.79 Å². The minimum absolute atomic E-state index is 0.0652. The Balaban J connectivity index is 1.82. The molecule has 3 N–H and O–H groups in total. The summed E-state index contributed by atoms with van der Waals surface area (Å²) in [6.45, 7) is 3.69. The second-order valence-corrected chi connectivity index (χ2v) is 4.66. The summed E-state index contributed by atoms with van der Waals surface area (Å²) < 4.78 is 2.11. The summed E-state index contributed by atoms with van der Waals surface area (Å²) in [5.74, 6) is -0.0652. The van der Waals surface area contributed by atoms with E-state index in [9.17, 15) is 4.79 Å². The third-order valence-corrected chi connectivity index (χ3v) is 3.20. The van der Waals surface area contributed by atoms with Gasteiger partial charge in [0.2, 0.25) is 0 Å². The molecule has 0 bridgehead atoms. The SMILES string of the molecule is CC[n+]1ccc(CCNC(=O)c2ccc(N)cc2)cc1. The number of aryl methyl sites for hydroxylation is 1. The first-order valence-corrected chi connectivity index (χ1v) is 6.81. The molecule has 0 radical (unpaired) electrons. The number of hydrogen-bond donors (Lipinski definition) is 2. The van der Waals surface area contributed by atoms with Crippen molar-refractivity contribution in [2.75, 3.05) is 12.3 Å². The third-order valence-electron chi connectivity index (χ3n) is 3.20. The molecule has 4 heteroatoms. The van der Waals surface area contributed by atoms with Crippen LogP contribution in [0.2, 0.25) is 0 Å². The molecule has 1 aromatic carbocycles. The zero-order chi connectivity index (χ0) is 14.4. The van der Waals surface area contributed by atoms with Crippen LogP contribution in [0.1, 0.15) is 22.8 Å². The second-order valence-electron chi connectivity index (χ2n) is 4.66. The number of rotatable bonds is 5. The van der Waals surface area contributed by atoms with Crippen molar-refractivity contribution >= 4 is 11.6 Å². The van der Waals surface area contributed by atoms with Gasteiger partial charge in [0, 0.05) is 29.9 Å². The monoisotopic (exact) mass is 270 g/mol. The van der Waals surface area contributed by atoms with Crippen molar-refractivity contribution in [2.45, 2.75) is 19.9 Å². The summed E-state index contributed by atoms with van der Waals surface area (Å²) in [4.78, 5) is 11.9. The summed E-state index contributed by atoms with van der Waals surface area (Å²) in [6, 6.07) is 11.1. The molecule has 104 valence electrons. The highest BCUT2D eigenvalue weighted by atomic mass is 16.1. The zero-order valence-corrected chi connectivity index (χ0v) is 11.7. The van der Waals surface area contributed by atoms with Crippen LogP contribution in [0.25, 0.3) is 0 Å². The lowest BCUT2D eigenvalue weighted by Gasteiger charge is -2.05. The molecule has 0 unspecified atom stereocenters. The van der Waals surface area contributed by atoms with Crippen molar-refractivity contribution in [3.8, 4) is 0 Å². The topological polar surface area (TPSA) is 59.0 Å². The van der Waals surface area contributed by atoms with Crippen molar-refractivity contribution in [1.29, 1.82) is 0 Å². The van der Waals surface area contributed by atoms with E-state index in [0.29, 0.717) is 17.8 Å². The van der Waals surface area contributed by atoms with E-state index in [2.05, 4.69) is 41.3 Å². The van der Waals surface area contributed by atoms with Gasteiger partial charge in [-0.1, -0.05) is 0 Å². The number of benzene rings is 1. The molecule has 1 amide bonds. The molecule has 0 atom stereocenters. The number of anilines is 1. The molecule has 20 heavy (non-hydrogen) atoms. The van der Waals surface area contributed by atoms with Crippen molar-refractivity contribution in [1.82, 2.24) is 5.32 Å². The standard InChI is InChI=1S/C16H19N3O/c1-2-19-11-8-13(9-12-19)7-10-18-16(20)14-3-5-15(17)6-4-14/h3-6,8-9,11-12H,2,7,10H2,1H3,(H2-,17,18,20)/p+1. The molecular formula is C16H20N3O+. The van der Waals surface area contributed by atoms with Crippen LogP contribution in [-0.4, -0.2) is 12.5 Å². The fourth-order valence-corrected chi connectivity index (χ4v) is 1.92. The summed E-state index contributed by atoms with van der Waals surface area (Å²) in [5.41, 5.74) is 8.11. The Labute approximate surface area is 119 Å². The van der Waals surface area contributed by atoms with E-state index >= 15 is 0 Å². The summed E-state index contributed by atoms with van der Waals surface area (Å²) in [7, 11) is 0. The van der Waals surface area contributed by atoms with Crippen LogP contribution in [0, 0.1) is 0 Å². The Morgan fingerprint density at radius 1 is 1.15 bits per heavy atom. The van der Waals surface area contributed by atoms with Gasteiger partial charge in [-0.25, -0.2) is 4.57 Å². The molecular weight excluding hydrogens is 250 g/mol. The number of nitrogens with zero attached hydrogens (tertiary/aromatic N) is 1. The Morgan fingerprint density at radius 2 is 1.80 bits per heavy atom. The van der Waals surface area contributed by atoms with Crippen molar-refractivity contribution in [3.63, 3.8) is 0 Å². The number of carbonyl (C=O) groups is 1. The predicted molar refractivity (Wildman–Crippen MR) is 79.2 cm³/mol. The Bertz CT molecular complexity index is 561. The molecule has 0 saturated carbocycles. The molecule has 1 aromatic heterocycles. The van der Waals surface area contributed by atoms with E-state index in [1.807, 2.05) is 0 Å². The fourth-order valence-electron chi connectivity index (χ4n) is 1.92. The number of nitrogen functional groups attached to an aromatic ring is 1. The number of pyridine rings is 1. The number of nitrogens with two attached hydrogens (primary N) is 1. The lowest BCUT2D eigenvalue weighted by Crippen LogP contribution is -2.31. The van der Waals surface area contributed by atoms with Crippen LogP contribution in [-0.2, 0) is 13.0 Å². The molecule has 1 heterocycles. The van der Waals surface area contributed by atoms with Gasteiger partial charge < -0.3 is 11.1 Å². The van der Waals surface area contributed by atoms with Crippen molar-refractivity contribution in [2.24, 2.45) is 0 Å². The third kappa shape index (κ3) is 3.82. The normalized spacial score (nSPS) is 10.2. The lowest BCUT2D eigenvalue weighted by atomic mass is 10.1. The first-order valence-electron chi connectivity index (χ1n) is 6.81. The number of hydrogen-bond acceptors (Lipinski definition) is 2. The highest BCUT2D eigenvalue weighted by Crippen LogP contribution is 2.05. The van der Waals surface area contributed by atoms with Crippen LogP contribution in [0.4, 0.5) is 5.69 Å². The van der Waals surface area contributed by atoms with Crippen LogP contribution in [0.5, 0.6) is 0 Å². The van der Waals surface area contributed by atoms with E-state index < -0.39 is 0 Å². The first-order chi connectivity index (χ1) is 9.69. The van der Waals surface area contributed by atoms with Gasteiger partial charge in [0.1, 0.15) is 6.54 Å².